The Morgan fingerprint density at radius 2 is 2.10 bits per heavy atom. The van der Waals surface area contributed by atoms with Crippen molar-refractivity contribution < 1.29 is 9.53 Å². The molecule has 112 valence electrons. The zero-order chi connectivity index (χ0) is 14.4. The second-order valence-electron chi connectivity index (χ2n) is 5.44. The maximum atomic E-state index is 12.5. The molecule has 6 nitrogen and oxygen atoms in total. The summed E-state index contributed by atoms with van der Waals surface area (Å²) in [7, 11) is 4.06. The van der Waals surface area contributed by atoms with Gasteiger partial charge in [-0.2, -0.15) is 5.10 Å². The van der Waals surface area contributed by atoms with Gasteiger partial charge in [-0.15, -0.1) is 0 Å². The van der Waals surface area contributed by atoms with E-state index in [0.717, 1.165) is 39.1 Å². The highest BCUT2D eigenvalue weighted by Gasteiger charge is 2.25. The normalized spacial score (nSPS) is 16.6. The second kappa shape index (κ2) is 7.40. The Balaban J connectivity index is 1.98. The topological polar surface area (TPSA) is 50.6 Å². The van der Waals surface area contributed by atoms with E-state index >= 15 is 0 Å². The maximum Gasteiger partial charge on any atom is 0.244 e. The lowest BCUT2D eigenvalue weighted by Gasteiger charge is -2.35. The molecule has 0 atom stereocenters. The second-order valence-corrected chi connectivity index (χ2v) is 5.44. The third-order valence-corrected chi connectivity index (χ3v) is 3.60. The lowest BCUT2D eigenvalue weighted by molar-refractivity contribution is -0.136. The van der Waals surface area contributed by atoms with Crippen LogP contribution in [0.5, 0.6) is 0 Å². The molecule has 0 spiro atoms. The third-order valence-electron chi connectivity index (χ3n) is 3.60. The maximum absolute atomic E-state index is 12.5. The first kappa shape index (κ1) is 15.0. The fourth-order valence-electron chi connectivity index (χ4n) is 2.44. The minimum atomic E-state index is 0.141. The zero-order valence-corrected chi connectivity index (χ0v) is 12.4. The molecule has 1 saturated heterocycles. The first-order valence-corrected chi connectivity index (χ1v) is 7.16. The SMILES string of the molecule is CN(C)CCN(C(=O)Cn1cccn1)C1CCOCC1. The quantitative estimate of drug-likeness (QED) is 0.759. The Bertz CT molecular complexity index is 399. The molecule has 0 N–H and O–H groups in total. The molecule has 0 saturated carbocycles. The number of rotatable bonds is 6. The third kappa shape index (κ3) is 4.31. The van der Waals surface area contributed by atoms with Crippen molar-refractivity contribution >= 4 is 5.91 Å². The van der Waals surface area contributed by atoms with Gasteiger partial charge < -0.3 is 14.5 Å². The lowest BCUT2D eigenvalue weighted by Crippen LogP contribution is -2.47. The largest absolute Gasteiger partial charge is 0.381 e. The molecule has 1 aromatic heterocycles. The number of hydrogen-bond acceptors (Lipinski definition) is 4. The summed E-state index contributed by atoms with van der Waals surface area (Å²) in [5.74, 6) is 0.141. The number of aromatic nitrogens is 2. The molecule has 1 aliphatic heterocycles. The van der Waals surface area contributed by atoms with E-state index in [1.165, 1.54) is 0 Å². The molecule has 0 bridgehead atoms. The molecule has 2 rings (SSSR count). The van der Waals surface area contributed by atoms with Crippen LogP contribution < -0.4 is 0 Å². The first-order chi connectivity index (χ1) is 9.66. The van der Waals surface area contributed by atoms with Gasteiger partial charge in [-0.05, 0) is 33.0 Å². The predicted octanol–water partition coefficient (Wildman–Crippen LogP) is 0.452. The summed E-state index contributed by atoms with van der Waals surface area (Å²) in [6, 6.07) is 2.14. The van der Waals surface area contributed by atoms with Gasteiger partial charge in [0.2, 0.25) is 5.91 Å². The Labute approximate surface area is 120 Å². The van der Waals surface area contributed by atoms with Crippen molar-refractivity contribution in [3.63, 3.8) is 0 Å². The van der Waals surface area contributed by atoms with Crippen molar-refractivity contribution in [1.82, 2.24) is 19.6 Å². The van der Waals surface area contributed by atoms with Gasteiger partial charge in [0.15, 0.2) is 0 Å². The van der Waals surface area contributed by atoms with Gasteiger partial charge in [0.25, 0.3) is 0 Å². The molecular weight excluding hydrogens is 256 g/mol. The Morgan fingerprint density at radius 3 is 2.70 bits per heavy atom. The smallest absolute Gasteiger partial charge is 0.244 e. The lowest BCUT2D eigenvalue weighted by atomic mass is 10.1. The van der Waals surface area contributed by atoms with Crippen molar-refractivity contribution in [2.45, 2.75) is 25.4 Å². The van der Waals surface area contributed by atoms with E-state index < -0.39 is 0 Å². The van der Waals surface area contributed by atoms with E-state index in [9.17, 15) is 4.79 Å². The summed E-state index contributed by atoms with van der Waals surface area (Å²) in [5, 5.41) is 4.11. The monoisotopic (exact) mass is 280 g/mol. The van der Waals surface area contributed by atoms with Crippen molar-refractivity contribution in [2.75, 3.05) is 40.4 Å². The van der Waals surface area contributed by atoms with Crippen LogP contribution in [0.1, 0.15) is 12.8 Å². The number of hydrogen-bond donors (Lipinski definition) is 0. The predicted molar refractivity (Wildman–Crippen MR) is 76.3 cm³/mol. The van der Waals surface area contributed by atoms with Gasteiger partial charge in [0.05, 0.1) is 0 Å². The number of ether oxygens (including phenoxy) is 1. The first-order valence-electron chi connectivity index (χ1n) is 7.16. The van der Waals surface area contributed by atoms with Crippen LogP contribution in [0.3, 0.4) is 0 Å². The molecule has 6 heteroatoms. The summed E-state index contributed by atoms with van der Waals surface area (Å²) in [6.45, 7) is 3.45. The molecule has 1 aliphatic rings. The van der Waals surface area contributed by atoms with Gasteiger partial charge in [-0.1, -0.05) is 0 Å². The highest BCUT2D eigenvalue weighted by molar-refractivity contribution is 5.76. The van der Waals surface area contributed by atoms with Crippen molar-refractivity contribution in [2.24, 2.45) is 0 Å². The van der Waals surface area contributed by atoms with E-state index in [-0.39, 0.29) is 5.91 Å². The van der Waals surface area contributed by atoms with E-state index in [4.69, 9.17) is 4.74 Å². The number of amides is 1. The highest BCUT2D eigenvalue weighted by atomic mass is 16.5. The summed E-state index contributed by atoms with van der Waals surface area (Å²) in [6.07, 6.45) is 5.38. The minimum absolute atomic E-state index is 0.141. The fraction of sp³-hybridized carbons (Fsp3) is 0.714. The molecule has 0 unspecified atom stereocenters. The highest BCUT2D eigenvalue weighted by Crippen LogP contribution is 2.15. The van der Waals surface area contributed by atoms with E-state index in [2.05, 4.69) is 10.00 Å². The number of nitrogens with zero attached hydrogens (tertiary/aromatic N) is 4. The molecule has 1 aromatic rings. The van der Waals surface area contributed by atoms with Gasteiger partial charge >= 0.3 is 0 Å². The van der Waals surface area contributed by atoms with Gasteiger partial charge in [-0.25, -0.2) is 0 Å². The van der Waals surface area contributed by atoms with Crippen LogP contribution in [0.4, 0.5) is 0 Å². The zero-order valence-electron chi connectivity index (χ0n) is 12.4. The number of carbonyl (C=O) groups is 1. The molecule has 20 heavy (non-hydrogen) atoms. The summed E-state index contributed by atoms with van der Waals surface area (Å²) in [4.78, 5) is 16.6. The average Bonchev–Trinajstić information content (AvgIpc) is 2.92. The summed E-state index contributed by atoms with van der Waals surface area (Å²) in [5.41, 5.74) is 0. The van der Waals surface area contributed by atoms with Crippen molar-refractivity contribution in [3.05, 3.63) is 18.5 Å². The van der Waals surface area contributed by atoms with Crippen LogP contribution in [0.2, 0.25) is 0 Å². The van der Waals surface area contributed by atoms with Gasteiger partial charge in [-0.3, -0.25) is 9.48 Å². The average molecular weight is 280 g/mol. The Hall–Kier alpha value is -1.40. The van der Waals surface area contributed by atoms with Gasteiger partial charge in [0, 0.05) is 44.7 Å². The number of carbonyl (C=O) groups excluding carboxylic acids is 1. The van der Waals surface area contributed by atoms with E-state index in [1.807, 2.05) is 31.3 Å². The van der Waals surface area contributed by atoms with Crippen LogP contribution in [-0.2, 0) is 16.1 Å². The van der Waals surface area contributed by atoms with E-state index in [0.29, 0.717) is 12.6 Å². The fourth-order valence-corrected chi connectivity index (χ4v) is 2.44. The van der Waals surface area contributed by atoms with Crippen LogP contribution in [0, 0.1) is 0 Å². The standard InChI is InChI=1S/C14H24N4O2/c1-16(2)8-9-18(13-4-10-20-11-5-13)14(19)12-17-7-3-6-15-17/h3,6-7,13H,4-5,8-12H2,1-2H3. The summed E-state index contributed by atoms with van der Waals surface area (Å²) >= 11 is 0. The minimum Gasteiger partial charge on any atom is -0.381 e. The van der Waals surface area contributed by atoms with Crippen molar-refractivity contribution in [1.29, 1.82) is 0 Å². The van der Waals surface area contributed by atoms with Crippen molar-refractivity contribution in [3.8, 4) is 0 Å². The molecule has 1 fully saturated rings. The van der Waals surface area contributed by atoms with Crippen LogP contribution in [-0.4, -0.2) is 71.9 Å². The Morgan fingerprint density at radius 1 is 1.35 bits per heavy atom. The number of likely N-dealkylation sites (N-methyl/N-ethyl adjacent to an activating group) is 1. The molecule has 1 amide bonds. The van der Waals surface area contributed by atoms with Crippen LogP contribution >= 0.6 is 0 Å². The van der Waals surface area contributed by atoms with Gasteiger partial charge in [0.1, 0.15) is 6.54 Å². The van der Waals surface area contributed by atoms with E-state index in [1.54, 1.807) is 10.9 Å². The summed E-state index contributed by atoms with van der Waals surface area (Å²) < 4.78 is 7.08. The molecule has 0 radical (unpaired) electrons. The molecule has 0 aromatic carbocycles. The molecule has 0 aliphatic carbocycles. The molecular formula is C14H24N4O2. The van der Waals surface area contributed by atoms with Crippen LogP contribution in [0.15, 0.2) is 18.5 Å². The Kier molecular flexibility index (Phi) is 5.55. The molecule has 2 heterocycles. The van der Waals surface area contributed by atoms with Crippen LogP contribution in [0.25, 0.3) is 0 Å².